The molecule has 0 aromatic heterocycles. The molecule has 2 aromatic carbocycles. The molecule has 2 rings (SSSR count). The second kappa shape index (κ2) is 7.51. The van der Waals surface area contributed by atoms with Crippen molar-refractivity contribution in [2.24, 2.45) is 0 Å². The maximum absolute atomic E-state index is 6.28. The predicted molar refractivity (Wildman–Crippen MR) is 92.8 cm³/mol. The van der Waals surface area contributed by atoms with Crippen molar-refractivity contribution in [3.05, 3.63) is 68.2 Å². The van der Waals surface area contributed by atoms with Gasteiger partial charge in [0.2, 0.25) is 0 Å². The van der Waals surface area contributed by atoms with Gasteiger partial charge in [0, 0.05) is 21.1 Å². The van der Waals surface area contributed by atoms with Gasteiger partial charge >= 0.3 is 0 Å². The largest absolute Gasteiger partial charge is 0.310 e. The van der Waals surface area contributed by atoms with E-state index in [1.165, 1.54) is 5.56 Å². The van der Waals surface area contributed by atoms with Crippen LogP contribution in [-0.2, 0) is 6.42 Å². The Morgan fingerprint density at radius 1 is 1.00 bits per heavy atom. The summed E-state index contributed by atoms with van der Waals surface area (Å²) in [5.74, 6) is 0. The molecule has 0 bridgehead atoms. The molecule has 0 aliphatic heterocycles. The summed E-state index contributed by atoms with van der Waals surface area (Å²) in [6.07, 6.45) is 0.795. The lowest BCUT2D eigenvalue weighted by atomic mass is 9.98. The fourth-order valence-corrected chi connectivity index (χ4v) is 2.96. The van der Waals surface area contributed by atoms with Crippen molar-refractivity contribution in [3.63, 3.8) is 0 Å². The van der Waals surface area contributed by atoms with Crippen LogP contribution in [0.1, 0.15) is 29.7 Å². The van der Waals surface area contributed by atoms with Crippen molar-refractivity contribution in [3.8, 4) is 0 Å². The van der Waals surface area contributed by atoms with Crippen LogP contribution in [0.5, 0.6) is 0 Å². The van der Waals surface area contributed by atoms with Gasteiger partial charge in [-0.05, 0) is 54.8 Å². The number of likely N-dealkylation sites (N-methyl/N-ethyl adjacent to an activating group) is 1. The topological polar surface area (TPSA) is 12.0 Å². The minimum Gasteiger partial charge on any atom is -0.310 e. The molecule has 0 amide bonds. The quantitative estimate of drug-likeness (QED) is 0.719. The molecule has 0 fully saturated rings. The second-order valence-corrected chi connectivity index (χ2v) is 6.31. The number of hydrogen-bond donors (Lipinski definition) is 1. The number of nitrogens with one attached hydrogen (secondary N) is 1. The van der Waals surface area contributed by atoms with Crippen molar-refractivity contribution in [1.29, 1.82) is 0 Å². The molecule has 0 aliphatic carbocycles. The Bertz CT molecular complexity index is 625. The number of aryl methyl sites for hydroxylation is 1. The van der Waals surface area contributed by atoms with E-state index in [4.69, 9.17) is 34.8 Å². The lowest BCUT2D eigenvalue weighted by Crippen LogP contribution is -2.23. The van der Waals surface area contributed by atoms with Gasteiger partial charge < -0.3 is 5.32 Å². The summed E-state index contributed by atoms with van der Waals surface area (Å²) in [4.78, 5) is 0. The first kappa shape index (κ1) is 16.6. The number of hydrogen-bond acceptors (Lipinski definition) is 1. The lowest BCUT2D eigenvalue weighted by Gasteiger charge is -2.20. The normalized spacial score (nSPS) is 12.4. The van der Waals surface area contributed by atoms with E-state index in [1.54, 1.807) is 6.07 Å². The average Bonchev–Trinajstić information content (AvgIpc) is 2.44. The highest BCUT2D eigenvalue weighted by molar-refractivity contribution is 6.35. The Morgan fingerprint density at radius 3 is 2.38 bits per heavy atom. The minimum absolute atomic E-state index is 0.173. The summed E-state index contributed by atoms with van der Waals surface area (Å²) in [5.41, 5.74) is 3.32. The van der Waals surface area contributed by atoms with Gasteiger partial charge in [-0.25, -0.2) is 0 Å². The van der Waals surface area contributed by atoms with Crippen LogP contribution >= 0.6 is 34.8 Å². The smallest absolute Gasteiger partial charge is 0.0453 e. The van der Waals surface area contributed by atoms with Crippen LogP contribution in [0.25, 0.3) is 0 Å². The molecule has 0 radical (unpaired) electrons. The van der Waals surface area contributed by atoms with Gasteiger partial charge in [-0.2, -0.15) is 0 Å². The fourth-order valence-electron chi connectivity index (χ4n) is 2.29. The number of benzene rings is 2. The molecular weight excluding hydrogens is 325 g/mol. The maximum atomic E-state index is 6.28. The van der Waals surface area contributed by atoms with Gasteiger partial charge in [-0.3, -0.25) is 0 Å². The van der Waals surface area contributed by atoms with Crippen LogP contribution in [-0.4, -0.2) is 6.54 Å². The van der Waals surface area contributed by atoms with Gasteiger partial charge in [0.15, 0.2) is 0 Å². The van der Waals surface area contributed by atoms with E-state index in [1.807, 2.05) is 31.2 Å². The molecule has 1 nitrogen and oxygen atoms in total. The van der Waals surface area contributed by atoms with Gasteiger partial charge in [-0.15, -0.1) is 0 Å². The molecule has 2 aromatic rings. The van der Waals surface area contributed by atoms with Gasteiger partial charge in [0.1, 0.15) is 0 Å². The van der Waals surface area contributed by atoms with Crippen LogP contribution in [0.15, 0.2) is 36.4 Å². The van der Waals surface area contributed by atoms with Crippen molar-refractivity contribution >= 4 is 34.8 Å². The monoisotopic (exact) mass is 341 g/mol. The molecule has 112 valence electrons. The summed E-state index contributed by atoms with van der Waals surface area (Å²) >= 11 is 18.5. The Kier molecular flexibility index (Phi) is 5.95. The molecule has 1 atom stereocenters. The molecule has 0 aliphatic rings. The van der Waals surface area contributed by atoms with E-state index < -0.39 is 0 Å². The third kappa shape index (κ3) is 4.37. The first-order valence-corrected chi connectivity index (χ1v) is 8.08. The first-order valence-electron chi connectivity index (χ1n) is 6.94. The fraction of sp³-hybridized carbons (Fsp3) is 0.294. The Morgan fingerprint density at radius 2 is 1.76 bits per heavy atom. The van der Waals surface area contributed by atoms with Crippen molar-refractivity contribution in [2.45, 2.75) is 26.3 Å². The van der Waals surface area contributed by atoms with Crippen LogP contribution in [0.3, 0.4) is 0 Å². The van der Waals surface area contributed by atoms with Crippen molar-refractivity contribution < 1.29 is 0 Å². The Hall–Kier alpha value is -0.730. The van der Waals surface area contributed by atoms with Crippen LogP contribution in [0.2, 0.25) is 15.1 Å². The van der Waals surface area contributed by atoms with Crippen molar-refractivity contribution in [1.82, 2.24) is 5.32 Å². The van der Waals surface area contributed by atoms with Crippen LogP contribution < -0.4 is 5.32 Å². The molecule has 0 heterocycles. The lowest BCUT2D eigenvalue weighted by molar-refractivity contribution is 0.550. The molecule has 0 spiro atoms. The molecule has 21 heavy (non-hydrogen) atoms. The van der Waals surface area contributed by atoms with Crippen molar-refractivity contribution in [2.75, 3.05) is 6.54 Å². The summed E-state index contributed by atoms with van der Waals surface area (Å²) in [6.45, 7) is 4.97. The first-order chi connectivity index (χ1) is 10.0. The van der Waals surface area contributed by atoms with Crippen LogP contribution in [0.4, 0.5) is 0 Å². The van der Waals surface area contributed by atoms with Gasteiger partial charge in [0.05, 0.1) is 0 Å². The third-order valence-electron chi connectivity index (χ3n) is 3.49. The maximum Gasteiger partial charge on any atom is 0.0453 e. The van der Waals surface area contributed by atoms with E-state index in [9.17, 15) is 0 Å². The summed E-state index contributed by atoms with van der Waals surface area (Å²) in [5, 5.41) is 5.63. The summed E-state index contributed by atoms with van der Waals surface area (Å²) < 4.78 is 0. The number of rotatable bonds is 5. The molecule has 1 unspecified atom stereocenters. The highest BCUT2D eigenvalue weighted by atomic mass is 35.5. The molecule has 0 saturated carbocycles. The Balaban J connectivity index is 2.28. The molecule has 0 saturated heterocycles. The minimum atomic E-state index is 0.173. The molecule has 1 N–H and O–H groups in total. The number of halogens is 3. The zero-order valence-corrected chi connectivity index (χ0v) is 14.4. The predicted octanol–water partition coefficient (Wildman–Crippen LogP) is 5.85. The van der Waals surface area contributed by atoms with E-state index in [0.29, 0.717) is 10.0 Å². The third-order valence-corrected chi connectivity index (χ3v) is 4.48. The Labute approximate surface area is 141 Å². The second-order valence-electron chi connectivity index (χ2n) is 5.06. The van der Waals surface area contributed by atoms with E-state index in [2.05, 4.69) is 18.3 Å². The zero-order valence-electron chi connectivity index (χ0n) is 12.1. The van der Waals surface area contributed by atoms with E-state index >= 15 is 0 Å². The highest BCUT2D eigenvalue weighted by Crippen LogP contribution is 2.28. The SMILES string of the molecule is CCNC(Cc1ccc(Cl)cc1Cl)c1ccc(C)c(Cl)c1. The van der Waals surface area contributed by atoms with E-state index in [-0.39, 0.29) is 6.04 Å². The van der Waals surface area contributed by atoms with Gasteiger partial charge in [0.25, 0.3) is 0 Å². The molecule has 4 heteroatoms. The van der Waals surface area contributed by atoms with Gasteiger partial charge in [-0.1, -0.05) is 59.9 Å². The van der Waals surface area contributed by atoms with Crippen LogP contribution in [0, 0.1) is 6.92 Å². The summed E-state index contributed by atoms with van der Waals surface area (Å²) in [7, 11) is 0. The summed E-state index contributed by atoms with van der Waals surface area (Å²) in [6, 6.07) is 12.0. The standard InChI is InChI=1S/C17H18Cl3N/c1-3-21-17(13-5-4-11(2)15(19)8-13)9-12-6-7-14(18)10-16(12)20/h4-8,10,17,21H,3,9H2,1-2H3. The molecular formula is C17H18Cl3N. The van der Waals surface area contributed by atoms with E-state index in [0.717, 1.165) is 29.1 Å². The zero-order chi connectivity index (χ0) is 15.4. The average molecular weight is 343 g/mol. The highest BCUT2D eigenvalue weighted by Gasteiger charge is 2.14.